The van der Waals surface area contributed by atoms with E-state index in [9.17, 15) is 4.79 Å². The van der Waals surface area contributed by atoms with Gasteiger partial charge >= 0.3 is 5.97 Å². The van der Waals surface area contributed by atoms with Gasteiger partial charge in [0.25, 0.3) is 0 Å². The molecule has 16 heavy (non-hydrogen) atoms. The number of nitrogens with two attached hydrogens (primary N) is 1. The number of hydrogen-bond acceptors (Lipinski definition) is 3. The molecule has 0 bridgehead atoms. The smallest absolute Gasteiger partial charge is 0.335 e. The fraction of sp³-hybridized carbons (Fsp3) is 0.333. The van der Waals surface area contributed by atoms with E-state index in [-0.39, 0.29) is 6.04 Å². The van der Waals surface area contributed by atoms with Crippen molar-refractivity contribution in [1.29, 1.82) is 0 Å². The minimum Gasteiger partial charge on any atom is -0.478 e. The van der Waals surface area contributed by atoms with E-state index in [1.807, 2.05) is 6.92 Å². The predicted molar refractivity (Wildman–Crippen MR) is 60.7 cm³/mol. The van der Waals surface area contributed by atoms with Gasteiger partial charge in [0.1, 0.15) is 0 Å². The maximum absolute atomic E-state index is 10.9. The molecule has 1 aromatic carbocycles. The van der Waals surface area contributed by atoms with E-state index in [4.69, 9.17) is 10.8 Å². The summed E-state index contributed by atoms with van der Waals surface area (Å²) in [6.07, 6.45) is 0.765. The average Bonchev–Trinajstić information content (AvgIpc) is 2.55. The molecule has 1 aromatic rings. The molecule has 1 atom stereocenters. The summed E-state index contributed by atoms with van der Waals surface area (Å²) in [5, 5.41) is 10.8. The molecule has 4 nitrogen and oxygen atoms in total. The summed E-state index contributed by atoms with van der Waals surface area (Å²) in [4.78, 5) is 15.3. The zero-order valence-corrected chi connectivity index (χ0v) is 9.10. The number of aromatic carboxylic acids is 1. The quantitative estimate of drug-likeness (QED) is 0.744. The Balaban J connectivity index is 2.65. The Morgan fingerprint density at radius 2 is 2.31 bits per heavy atom. The number of carboxylic acid groups (broad SMARTS) is 1. The lowest BCUT2D eigenvalue weighted by molar-refractivity contribution is 0.0697. The minimum atomic E-state index is -0.908. The Morgan fingerprint density at radius 3 is 2.94 bits per heavy atom. The summed E-state index contributed by atoms with van der Waals surface area (Å²) in [5.41, 5.74) is 6.99. The van der Waals surface area contributed by atoms with Crippen molar-refractivity contribution in [3.05, 3.63) is 34.3 Å². The number of carbonyl (C=O) groups is 1. The van der Waals surface area contributed by atoms with Gasteiger partial charge in [-0.1, -0.05) is 0 Å². The number of hydrogen-bond donors (Lipinski definition) is 2. The second-order valence-corrected chi connectivity index (χ2v) is 3.91. The Labute approximate surface area is 93.1 Å². The molecule has 1 aliphatic rings. The van der Waals surface area contributed by atoms with Crippen molar-refractivity contribution in [2.45, 2.75) is 19.4 Å². The SMILES string of the molecule is C[C@H]1N=c2ccc(C(=O)O)cc2=C1CCN. The van der Waals surface area contributed by atoms with Crippen molar-refractivity contribution < 1.29 is 9.90 Å². The summed E-state index contributed by atoms with van der Waals surface area (Å²) in [6, 6.07) is 5.15. The van der Waals surface area contributed by atoms with Gasteiger partial charge in [0.15, 0.2) is 0 Å². The van der Waals surface area contributed by atoms with Crippen LogP contribution in [0.15, 0.2) is 23.2 Å². The molecule has 0 amide bonds. The van der Waals surface area contributed by atoms with Gasteiger partial charge in [-0.25, -0.2) is 4.79 Å². The number of carboxylic acids is 1. The van der Waals surface area contributed by atoms with E-state index in [0.29, 0.717) is 12.1 Å². The molecular weight excluding hydrogens is 204 g/mol. The van der Waals surface area contributed by atoms with Crippen LogP contribution >= 0.6 is 0 Å². The lowest BCUT2D eigenvalue weighted by Crippen LogP contribution is -2.25. The van der Waals surface area contributed by atoms with Crippen LogP contribution in [0.25, 0.3) is 5.57 Å². The third-order valence-corrected chi connectivity index (χ3v) is 2.84. The Kier molecular flexibility index (Phi) is 2.75. The number of benzene rings is 1. The van der Waals surface area contributed by atoms with Crippen molar-refractivity contribution >= 4 is 11.5 Å². The summed E-state index contributed by atoms with van der Waals surface area (Å²) in [7, 11) is 0. The monoisotopic (exact) mass is 218 g/mol. The van der Waals surface area contributed by atoms with Gasteiger partial charge in [0.05, 0.1) is 17.0 Å². The van der Waals surface area contributed by atoms with E-state index in [1.165, 1.54) is 0 Å². The molecule has 0 spiro atoms. The third-order valence-electron chi connectivity index (χ3n) is 2.84. The molecule has 4 heteroatoms. The molecule has 1 aliphatic heterocycles. The van der Waals surface area contributed by atoms with Crippen molar-refractivity contribution in [3.63, 3.8) is 0 Å². The number of rotatable bonds is 3. The predicted octanol–water partition coefficient (Wildman–Crippen LogP) is -0.0940. The molecule has 1 heterocycles. The van der Waals surface area contributed by atoms with Crippen molar-refractivity contribution in [3.8, 4) is 0 Å². The standard InChI is InChI=1S/C12H14N2O2/c1-7-9(4-5-13)10-6-8(12(15)16)2-3-11(10)14-7/h2-3,6-7H,4-5,13H2,1H3,(H,15,16)/t7-/m1/s1. The average molecular weight is 218 g/mol. The molecule has 0 radical (unpaired) electrons. The fourth-order valence-electron chi connectivity index (χ4n) is 2.05. The molecular formula is C12H14N2O2. The molecule has 0 aromatic heterocycles. The zero-order valence-electron chi connectivity index (χ0n) is 9.10. The molecule has 0 aliphatic carbocycles. The highest BCUT2D eigenvalue weighted by molar-refractivity contribution is 5.87. The van der Waals surface area contributed by atoms with Crippen LogP contribution in [0.3, 0.4) is 0 Å². The Hall–Kier alpha value is -1.68. The summed E-state index contributed by atoms with van der Waals surface area (Å²) in [5.74, 6) is -0.908. The minimum absolute atomic E-state index is 0.114. The number of nitrogens with zero attached hydrogens (tertiary/aromatic N) is 1. The van der Waals surface area contributed by atoms with Crippen LogP contribution in [0.5, 0.6) is 0 Å². The first kappa shape index (κ1) is 10.8. The maximum Gasteiger partial charge on any atom is 0.335 e. The molecule has 2 rings (SSSR count). The van der Waals surface area contributed by atoms with Crippen molar-refractivity contribution in [2.75, 3.05) is 6.54 Å². The van der Waals surface area contributed by atoms with Gasteiger partial charge in [-0.3, -0.25) is 4.99 Å². The first-order chi connectivity index (χ1) is 7.63. The Morgan fingerprint density at radius 1 is 1.56 bits per heavy atom. The molecule has 84 valence electrons. The van der Waals surface area contributed by atoms with Gasteiger partial charge in [-0.05, 0) is 43.7 Å². The highest BCUT2D eigenvalue weighted by atomic mass is 16.4. The second-order valence-electron chi connectivity index (χ2n) is 3.91. The summed E-state index contributed by atoms with van der Waals surface area (Å²) < 4.78 is 0. The van der Waals surface area contributed by atoms with Crippen molar-refractivity contribution in [1.82, 2.24) is 0 Å². The maximum atomic E-state index is 10.9. The first-order valence-electron chi connectivity index (χ1n) is 5.28. The normalized spacial score (nSPS) is 18.1. The largest absolute Gasteiger partial charge is 0.478 e. The first-order valence-corrected chi connectivity index (χ1v) is 5.28. The lowest BCUT2D eigenvalue weighted by atomic mass is 10.0. The van der Waals surface area contributed by atoms with Crippen LogP contribution in [0.2, 0.25) is 0 Å². The van der Waals surface area contributed by atoms with Gasteiger partial charge in [0, 0.05) is 5.22 Å². The van der Waals surface area contributed by atoms with Crippen LogP contribution in [-0.2, 0) is 0 Å². The highest BCUT2D eigenvalue weighted by Gasteiger charge is 2.15. The summed E-state index contributed by atoms with van der Waals surface area (Å²) >= 11 is 0. The molecule has 0 saturated carbocycles. The topological polar surface area (TPSA) is 75.7 Å². The third kappa shape index (κ3) is 1.72. The number of fused-ring (bicyclic) bond motifs is 1. The highest BCUT2D eigenvalue weighted by Crippen LogP contribution is 2.12. The Bertz CT molecular complexity index is 549. The van der Waals surface area contributed by atoms with Crippen LogP contribution in [0.1, 0.15) is 23.7 Å². The van der Waals surface area contributed by atoms with E-state index >= 15 is 0 Å². The zero-order chi connectivity index (χ0) is 11.7. The van der Waals surface area contributed by atoms with Crippen LogP contribution in [0, 0.1) is 0 Å². The second kappa shape index (κ2) is 4.06. The van der Waals surface area contributed by atoms with E-state index in [2.05, 4.69) is 4.99 Å². The van der Waals surface area contributed by atoms with Crippen LogP contribution in [-0.4, -0.2) is 23.7 Å². The lowest BCUT2D eigenvalue weighted by Gasteiger charge is -2.05. The van der Waals surface area contributed by atoms with E-state index in [1.54, 1.807) is 18.2 Å². The summed E-state index contributed by atoms with van der Waals surface area (Å²) in [6.45, 7) is 2.57. The van der Waals surface area contributed by atoms with E-state index in [0.717, 1.165) is 22.6 Å². The van der Waals surface area contributed by atoms with Gasteiger partial charge in [0.2, 0.25) is 0 Å². The molecule has 3 N–H and O–H groups in total. The molecule has 0 saturated heterocycles. The van der Waals surface area contributed by atoms with Gasteiger partial charge in [-0.15, -0.1) is 0 Å². The van der Waals surface area contributed by atoms with Crippen molar-refractivity contribution in [2.24, 2.45) is 10.7 Å². The van der Waals surface area contributed by atoms with Crippen LogP contribution < -0.4 is 16.3 Å². The van der Waals surface area contributed by atoms with E-state index < -0.39 is 5.97 Å². The van der Waals surface area contributed by atoms with Gasteiger partial charge in [-0.2, -0.15) is 0 Å². The molecule has 0 unspecified atom stereocenters. The fourth-order valence-corrected chi connectivity index (χ4v) is 2.05. The molecule has 0 fully saturated rings. The van der Waals surface area contributed by atoms with Gasteiger partial charge < -0.3 is 10.8 Å². The van der Waals surface area contributed by atoms with Crippen LogP contribution in [0.4, 0.5) is 0 Å².